The van der Waals surface area contributed by atoms with Gasteiger partial charge in [0.15, 0.2) is 6.79 Å². The van der Waals surface area contributed by atoms with Crippen LogP contribution in [-0.2, 0) is 12.4 Å². The van der Waals surface area contributed by atoms with E-state index in [2.05, 4.69) is 0 Å². The number of carbonyl (C=O) groups is 1. The van der Waals surface area contributed by atoms with E-state index in [1.165, 1.54) is 12.1 Å². The predicted octanol–water partition coefficient (Wildman–Crippen LogP) is 4.96. The van der Waals surface area contributed by atoms with Crippen molar-refractivity contribution in [2.75, 3.05) is 12.1 Å². The van der Waals surface area contributed by atoms with Gasteiger partial charge in [0.25, 0.3) is 5.91 Å². The van der Waals surface area contributed by atoms with Gasteiger partial charge in [0.1, 0.15) is 5.75 Å². The SMILES string of the molecule is O=C(Nc1cc(C(F)(F)F)cc(C(F)(F)F)c1)c1cc(Cl)ccc1OCO. The van der Waals surface area contributed by atoms with Crippen LogP contribution in [0.5, 0.6) is 5.75 Å². The first-order chi connectivity index (χ1) is 12.4. The molecule has 0 radical (unpaired) electrons. The highest BCUT2D eigenvalue weighted by atomic mass is 35.5. The van der Waals surface area contributed by atoms with Gasteiger partial charge < -0.3 is 15.2 Å². The molecule has 0 atom stereocenters. The minimum atomic E-state index is -5.05. The Labute approximate surface area is 153 Å². The summed E-state index contributed by atoms with van der Waals surface area (Å²) in [4.78, 5) is 12.3. The number of amides is 1. The van der Waals surface area contributed by atoms with Gasteiger partial charge in [-0.15, -0.1) is 0 Å². The van der Waals surface area contributed by atoms with E-state index in [-0.39, 0.29) is 22.4 Å². The molecular weight excluding hydrogens is 404 g/mol. The summed E-state index contributed by atoms with van der Waals surface area (Å²) in [5, 5.41) is 10.8. The molecule has 0 aliphatic heterocycles. The summed E-state index contributed by atoms with van der Waals surface area (Å²) in [6.07, 6.45) is -10.1. The van der Waals surface area contributed by atoms with Crippen LogP contribution in [0.25, 0.3) is 0 Å². The summed E-state index contributed by atoms with van der Waals surface area (Å²) < 4.78 is 82.0. The number of hydrogen-bond acceptors (Lipinski definition) is 3. The van der Waals surface area contributed by atoms with E-state index in [0.29, 0.717) is 12.1 Å². The molecule has 1 amide bonds. The fourth-order valence-corrected chi connectivity index (χ4v) is 2.27. The van der Waals surface area contributed by atoms with E-state index in [0.717, 1.165) is 6.07 Å². The monoisotopic (exact) mass is 413 g/mol. The molecule has 0 aliphatic carbocycles. The lowest BCUT2D eigenvalue weighted by atomic mass is 10.1. The molecule has 0 spiro atoms. The van der Waals surface area contributed by atoms with Gasteiger partial charge in [-0.3, -0.25) is 4.79 Å². The van der Waals surface area contributed by atoms with Crippen molar-refractivity contribution in [3.8, 4) is 5.75 Å². The fourth-order valence-electron chi connectivity index (χ4n) is 2.10. The molecule has 146 valence electrons. The van der Waals surface area contributed by atoms with Gasteiger partial charge in [-0.25, -0.2) is 0 Å². The molecule has 0 saturated carbocycles. The van der Waals surface area contributed by atoms with E-state index in [9.17, 15) is 31.1 Å². The summed E-state index contributed by atoms with van der Waals surface area (Å²) in [7, 11) is 0. The van der Waals surface area contributed by atoms with Crippen molar-refractivity contribution < 1.29 is 41.0 Å². The number of anilines is 1. The highest BCUT2D eigenvalue weighted by Crippen LogP contribution is 2.37. The molecule has 0 saturated heterocycles. The van der Waals surface area contributed by atoms with Crippen LogP contribution in [0.15, 0.2) is 36.4 Å². The number of hydrogen-bond donors (Lipinski definition) is 2. The third-order valence-corrected chi connectivity index (χ3v) is 3.49. The second-order valence-electron chi connectivity index (χ2n) is 5.16. The van der Waals surface area contributed by atoms with Gasteiger partial charge in [-0.1, -0.05) is 11.6 Å². The van der Waals surface area contributed by atoms with Crippen molar-refractivity contribution in [3.63, 3.8) is 0 Å². The lowest BCUT2D eigenvalue weighted by Gasteiger charge is -2.15. The molecule has 0 fully saturated rings. The van der Waals surface area contributed by atoms with E-state index in [4.69, 9.17) is 21.4 Å². The minimum Gasteiger partial charge on any atom is -0.467 e. The van der Waals surface area contributed by atoms with Crippen LogP contribution >= 0.6 is 11.6 Å². The molecule has 0 aliphatic rings. The molecule has 2 rings (SSSR count). The summed E-state index contributed by atoms with van der Waals surface area (Å²) >= 11 is 5.74. The zero-order chi connectivity index (χ0) is 20.4. The number of alkyl halides is 6. The minimum absolute atomic E-state index is 0.0602. The summed E-state index contributed by atoms with van der Waals surface area (Å²) in [5.41, 5.74) is -4.17. The Hall–Kier alpha value is -2.46. The average Bonchev–Trinajstić information content (AvgIpc) is 2.54. The van der Waals surface area contributed by atoms with Crippen LogP contribution in [0.2, 0.25) is 5.02 Å². The zero-order valence-corrected chi connectivity index (χ0v) is 13.8. The number of aliphatic hydroxyl groups is 1. The van der Waals surface area contributed by atoms with Crippen LogP contribution in [-0.4, -0.2) is 17.8 Å². The summed E-state index contributed by atoms with van der Waals surface area (Å²) in [6.45, 7) is -0.816. The van der Waals surface area contributed by atoms with Crippen molar-refractivity contribution in [2.45, 2.75) is 12.4 Å². The van der Waals surface area contributed by atoms with E-state index in [1.54, 1.807) is 0 Å². The van der Waals surface area contributed by atoms with Crippen molar-refractivity contribution >= 4 is 23.2 Å². The first kappa shape index (κ1) is 20.8. The molecule has 0 heterocycles. The zero-order valence-electron chi connectivity index (χ0n) is 13.1. The number of aliphatic hydroxyl groups excluding tert-OH is 1. The highest BCUT2D eigenvalue weighted by Gasteiger charge is 2.37. The molecule has 4 nitrogen and oxygen atoms in total. The van der Waals surface area contributed by atoms with Crippen LogP contribution in [0, 0.1) is 0 Å². The van der Waals surface area contributed by atoms with Gasteiger partial charge in [-0.2, -0.15) is 26.3 Å². The Morgan fingerprint density at radius 2 is 1.56 bits per heavy atom. The maximum Gasteiger partial charge on any atom is 0.416 e. The fraction of sp³-hybridized carbons (Fsp3) is 0.188. The Kier molecular flexibility index (Phi) is 5.91. The number of carbonyl (C=O) groups excluding carboxylic acids is 1. The smallest absolute Gasteiger partial charge is 0.416 e. The molecule has 2 aromatic carbocycles. The quantitative estimate of drug-likeness (QED) is 0.550. The Morgan fingerprint density at radius 1 is 1.00 bits per heavy atom. The standard InChI is InChI=1S/C16H10ClF6NO3/c17-10-1-2-13(27-7-25)12(6-10)14(26)24-11-4-8(15(18,19)20)3-9(5-11)16(21,22)23/h1-6,25H,7H2,(H,24,26). The molecule has 0 aromatic heterocycles. The second kappa shape index (κ2) is 7.65. The molecule has 11 heteroatoms. The van der Waals surface area contributed by atoms with Gasteiger partial charge >= 0.3 is 12.4 Å². The molecule has 0 bridgehead atoms. The highest BCUT2D eigenvalue weighted by molar-refractivity contribution is 6.31. The summed E-state index contributed by atoms with van der Waals surface area (Å²) in [5.74, 6) is -1.24. The van der Waals surface area contributed by atoms with Gasteiger partial charge in [0.05, 0.1) is 16.7 Å². The number of rotatable bonds is 4. The molecule has 27 heavy (non-hydrogen) atoms. The normalized spacial score (nSPS) is 12.0. The molecular formula is C16H10ClF6NO3. The maximum absolute atomic E-state index is 12.9. The van der Waals surface area contributed by atoms with Crippen molar-refractivity contribution in [3.05, 3.63) is 58.1 Å². The first-order valence-electron chi connectivity index (χ1n) is 7.06. The summed E-state index contributed by atoms with van der Waals surface area (Å²) in [6, 6.07) is 4.28. The van der Waals surface area contributed by atoms with Crippen molar-refractivity contribution in [1.82, 2.24) is 0 Å². The van der Waals surface area contributed by atoms with Gasteiger partial charge in [0, 0.05) is 10.7 Å². The predicted molar refractivity (Wildman–Crippen MR) is 83.6 cm³/mol. The number of halogens is 7. The molecule has 2 N–H and O–H groups in total. The maximum atomic E-state index is 12.9. The first-order valence-corrected chi connectivity index (χ1v) is 7.43. The second-order valence-corrected chi connectivity index (χ2v) is 5.60. The average molecular weight is 414 g/mol. The van der Waals surface area contributed by atoms with E-state index < -0.39 is 41.9 Å². The number of ether oxygens (including phenoxy) is 1. The topological polar surface area (TPSA) is 58.6 Å². The Bertz CT molecular complexity index is 819. The van der Waals surface area contributed by atoms with Gasteiger partial charge in [-0.05, 0) is 36.4 Å². The van der Waals surface area contributed by atoms with E-state index in [1.807, 2.05) is 5.32 Å². The Balaban J connectivity index is 2.45. The molecule has 0 unspecified atom stereocenters. The van der Waals surface area contributed by atoms with Crippen LogP contribution in [0.4, 0.5) is 32.0 Å². The van der Waals surface area contributed by atoms with E-state index >= 15 is 0 Å². The lowest BCUT2D eigenvalue weighted by molar-refractivity contribution is -0.143. The number of nitrogens with one attached hydrogen (secondary N) is 1. The largest absolute Gasteiger partial charge is 0.467 e. The lowest BCUT2D eigenvalue weighted by Crippen LogP contribution is -2.17. The third-order valence-electron chi connectivity index (χ3n) is 3.25. The van der Waals surface area contributed by atoms with Crippen molar-refractivity contribution in [1.29, 1.82) is 0 Å². The third kappa shape index (κ3) is 5.27. The van der Waals surface area contributed by atoms with Crippen LogP contribution in [0.1, 0.15) is 21.5 Å². The van der Waals surface area contributed by atoms with Crippen LogP contribution < -0.4 is 10.1 Å². The van der Waals surface area contributed by atoms with Crippen LogP contribution in [0.3, 0.4) is 0 Å². The molecule has 2 aromatic rings. The van der Waals surface area contributed by atoms with Gasteiger partial charge in [0.2, 0.25) is 0 Å². The van der Waals surface area contributed by atoms with Crippen molar-refractivity contribution in [2.24, 2.45) is 0 Å². The number of benzene rings is 2. The Morgan fingerprint density at radius 3 is 2.04 bits per heavy atom.